The molecule has 1 N–H and O–H groups in total. The van der Waals surface area contributed by atoms with Crippen molar-refractivity contribution < 1.29 is 4.42 Å². The standard InChI is InChI=1S/C10H13N5OS/c1-4-11-8-5-9(13-6(2)12-8)17-10-15-14-7(3)16-10/h5H,4H2,1-3H3,(H,11,12,13). The lowest BCUT2D eigenvalue weighted by Gasteiger charge is -2.04. The Hall–Kier alpha value is -1.63. The van der Waals surface area contributed by atoms with E-state index in [2.05, 4.69) is 25.5 Å². The van der Waals surface area contributed by atoms with Crippen molar-refractivity contribution in [1.82, 2.24) is 20.2 Å². The van der Waals surface area contributed by atoms with Crippen LogP contribution >= 0.6 is 11.8 Å². The van der Waals surface area contributed by atoms with Crippen LogP contribution in [-0.4, -0.2) is 26.7 Å². The first kappa shape index (κ1) is 11.8. The van der Waals surface area contributed by atoms with E-state index in [1.807, 2.05) is 19.9 Å². The molecule has 0 atom stereocenters. The lowest BCUT2D eigenvalue weighted by molar-refractivity contribution is 0.429. The maximum atomic E-state index is 5.29. The monoisotopic (exact) mass is 251 g/mol. The highest BCUT2D eigenvalue weighted by Gasteiger charge is 2.08. The van der Waals surface area contributed by atoms with Gasteiger partial charge in [0.2, 0.25) is 5.89 Å². The van der Waals surface area contributed by atoms with Crippen LogP contribution in [0.2, 0.25) is 0 Å². The van der Waals surface area contributed by atoms with Crippen LogP contribution in [0.4, 0.5) is 5.82 Å². The number of rotatable bonds is 4. The summed E-state index contributed by atoms with van der Waals surface area (Å²) in [6, 6.07) is 1.86. The van der Waals surface area contributed by atoms with Gasteiger partial charge in [0, 0.05) is 19.5 Å². The summed E-state index contributed by atoms with van der Waals surface area (Å²) in [5.74, 6) is 2.06. The van der Waals surface area contributed by atoms with Crippen LogP contribution in [-0.2, 0) is 0 Å². The van der Waals surface area contributed by atoms with Crippen molar-refractivity contribution in [2.75, 3.05) is 11.9 Å². The zero-order chi connectivity index (χ0) is 12.3. The summed E-state index contributed by atoms with van der Waals surface area (Å²) in [6.07, 6.45) is 0. The highest BCUT2D eigenvalue weighted by Crippen LogP contribution is 2.25. The normalized spacial score (nSPS) is 10.5. The summed E-state index contributed by atoms with van der Waals surface area (Å²) in [5, 5.41) is 12.1. The third-order valence-electron chi connectivity index (χ3n) is 1.87. The number of aromatic nitrogens is 4. The Balaban J connectivity index is 2.20. The molecule has 0 aliphatic carbocycles. The molecule has 0 aliphatic rings. The molecule has 0 unspecified atom stereocenters. The first-order chi connectivity index (χ1) is 8.17. The Bertz CT molecular complexity index is 513. The Labute approximate surface area is 103 Å². The van der Waals surface area contributed by atoms with Crippen LogP contribution < -0.4 is 5.32 Å². The summed E-state index contributed by atoms with van der Waals surface area (Å²) in [7, 11) is 0. The first-order valence-electron chi connectivity index (χ1n) is 5.25. The second-order valence-electron chi connectivity index (χ2n) is 3.36. The fraction of sp³-hybridized carbons (Fsp3) is 0.400. The lowest BCUT2D eigenvalue weighted by Crippen LogP contribution is -2.02. The van der Waals surface area contributed by atoms with Crippen molar-refractivity contribution in [3.63, 3.8) is 0 Å². The van der Waals surface area contributed by atoms with Gasteiger partial charge in [-0.15, -0.1) is 10.2 Å². The first-order valence-corrected chi connectivity index (χ1v) is 6.06. The van der Waals surface area contributed by atoms with E-state index in [0.29, 0.717) is 16.9 Å². The number of nitrogens with one attached hydrogen (secondary N) is 1. The van der Waals surface area contributed by atoms with Gasteiger partial charge in [-0.3, -0.25) is 0 Å². The van der Waals surface area contributed by atoms with Gasteiger partial charge in [-0.2, -0.15) is 0 Å². The van der Waals surface area contributed by atoms with Crippen molar-refractivity contribution in [2.24, 2.45) is 0 Å². The molecular formula is C10H13N5OS. The quantitative estimate of drug-likeness (QED) is 0.833. The Kier molecular flexibility index (Phi) is 3.58. The van der Waals surface area contributed by atoms with E-state index < -0.39 is 0 Å². The van der Waals surface area contributed by atoms with Crippen LogP contribution in [0.25, 0.3) is 0 Å². The van der Waals surface area contributed by atoms with Gasteiger partial charge in [0.15, 0.2) is 0 Å². The van der Waals surface area contributed by atoms with Crippen LogP contribution in [0.3, 0.4) is 0 Å². The Morgan fingerprint density at radius 2 is 2.12 bits per heavy atom. The number of aryl methyl sites for hydroxylation is 2. The largest absolute Gasteiger partial charge is 0.416 e. The maximum Gasteiger partial charge on any atom is 0.282 e. The minimum absolute atomic E-state index is 0.489. The molecule has 90 valence electrons. The molecule has 0 aliphatic heterocycles. The van der Waals surface area contributed by atoms with Gasteiger partial charge >= 0.3 is 0 Å². The molecule has 0 radical (unpaired) electrons. The summed E-state index contributed by atoms with van der Waals surface area (Å²) in [6.45, 7) is 6.45. The molecular weight excluding hydrogens is 238 g/mol. The molecule has 0 aromatic carbocycles. The second kappa shape index (κ2) is 5.13. The maximum absolute atomic E-state index is 5.29. The van der Waals surface area contributed by atoms with E-state index in [0.717, 1.165) is 17.4 Å². The zero-order valence-electron chi connectivity index (χ0n) is 9.89. The predicted octanol–water partition coefficient (Wildman–Crippen LogP) is 2.06. The third kappa shape index (κ3) is 3.16. The van der Waals surface area contributed by atoms with E-state index in [9.17, 15) is 0 Å². The van der Waals surface area contributed by atoms with Crippen molar-refractivity contribution in [3.05, 3.63) is 17.8 Å². The summed E-state index contributed by atoms with van der Waals surface area (Å²) >= 11 is 1.33. The van der Waals surface area contributed by atoms with Crippen molar-refractivity contribution in [2.45, 2.75) is 31.0 Å². The molecule has 0 saturated heterocycles. The smallest absolute Gasteiger partial charge is 0.282 e. The van der Waals surface area contributed by atoms with Crippen LogP contribution in [0.1, 0.15) is 18.6 Å². The summed E-state index contributed by atoms with van der Waals surface area (Å²) in [4.78, 5) is 8.57. The predicted molar refractivity (Wildman–Crippen MR) is 64.1 cm³/mol. The zero-order valence-corrected chi connectivity index (χ0v) is 10.7. The Morgan fingerprint density at radius 3 is 2.76 bits per heavy atom. The molecule has 0 fully saturated rings. The van der Waals surface area contributed by atoms with Crippen molar-refractivity contribution >= 4 is 17.6 Å². The number of hydrogen-bond acceptors (Lipinski definition) is 7. The lowest BCUT2D eigenvalue weighted by atomic mass is 10.5. The number of anilines is 1. The topological polar surface area (TPSA) is 76.7 Å². The third-order valence-corrected chi connectivity index (χ3v) is 2.63. The van der Waals surface area contributed by atoms with Crippen LogP contribution in [0.5, 0.6) is 0 Å². The fourth-order valence-electron chi connectivity index (χ4n) is 1.27. The molecule has 2 rings (SSSR count). The minimum Gasteiger partial charge on any atom is -0.416 e. The molecule has 0 spiro atoms. The molecule has 17 heavy (non-hydrogen) atoms. The average molecular weight is 251 g/mol. The molecule has 2 aromatic rings. The van der Waals surface area contributed by atoms with Gasteiger partial charge in [-0.25, -0.2) is 9.97 Å². The van der Waals surface area contributed by atoms with Crippen molar-refractivity contribution in [3.8, 4) is 0 Å². The van der Waals surface area contributed by atoms with E-state index >= 15 is 0 Å². The molecule has 7 heteroatoms. The average Bonchev–Trinajstić information content (AvgIpc) is 2.63. The molecule has 0 saturated carbocycles. The van der Waals surface area contributed by atoms with E-state index in [1.165, 1.54) is 11.8 Å². The van der Waals surface area contributed by atoms with Crippen LogP contribution in [0.15, 0.2) is 20.7 Å². The van der Waals surface area contributed by atoms with Crippen LogP contribution in [0, 0.1) is 13.8 Å². The van der Waals surface area contributed by atoms with Gasteiger partial charge in [-0.05, 0) is 25.6 Å². The molecule has 0 amide bonds. The molecule has 2 heterocycles. The second-order valence-corrected chi connectivity index (χ2v) is 4.33. The Morgan fingerprint density at radius 1 is 1.29 bits per heavy atom. The van der Waals surface area contributed by atoms with E-state index in [1.54, 1.807) is 6.92 Å². The van der Waals surface area contributed by atoms with E-state index in [-0.39, 0.29) is 0 Å². The van der Waals surface area contributed by atoms with Gasteiger partial charge in [0.05, 0.1) is 0 Å². The van der Waals surface area contributed by atoms with Gasteiger partial charge < -0.3 is 9.73 Å². The minimum atomic E-state index is 0.489. The van der Waals surface area contributed by atoms with E-state index in [4.69, 9.17) is 4.42 Å². The van der Waals surface area contributed by atoms with Gasteiger partial charge in [-0.1, -0.05) is 0 Å². The highest BCUT2D eigenvalue weighted by molar-refractivity contribution is 7.99. The summed E-state index contributed by atoms with van der Waals surface area (Å²) in [5.41, 5.74) is 0. The van der Waals surface area contributed by atoms with Gasteiger partial charge in [0.1, 0.15) is 16.7 Å². The highest BCUT2D eigenvalue weighted by atomic mass is 32.2. The van der Waals surface area contributed by atoms with Gasteiger partial charge in [0.25, 0.3) is 5.22 Å². The SMILES string of the molecule is CCNc1cc(Sc2nnc(C)o2)nc(C)n1. The fourth-order valence-corrected chi connectivity index (χ4v) is 2.04. The summed E-state index contributed by atoms with van der Waals surface area (Å²) < 4.78 is 5.29. The molecule has 0 bridgehead atoms. The number of hydrogen-bond donors (Lipinski definition) is 1. The van der Waals surface area contributed by atoms with Crippen molar-refractivity contribution in [1.29, 1.82) is 0 Å². The number of nitrogens with zero attached hydrogens (tertiary/aromatic N) is 4. The molecule has 2 aromatic heterocycles. The molecule has 6 nitrogen and oxygen atoms in total.